The highest BCUT2D eigenvalue weighted by atomic mass is 35.5. The van der Waals surface area contributed by atoms with Gasteiger partial charge in [0.15, 0.2) is 0 Å². The molecule has 0 unspecified atom stereocenters. The Balaban J connectivity index is 1.79. The highest BCUT2D eigenvalue weighted by molar-refractivity contribution is 7.98. The monoisotopic (exact) mass is 299 g/mol. The van der Waals surface area contributed by atoms with Crippen molar-refractivity contribution >= 4 is 34.3 Å². The third-order valence-electron chi connectivity index (χ3n) is 3.21. The predicted octanol–water partition coefficient (Wildman–Crippen LogP) is 5.27. The first-order chi connectivity index (χ1) is 9.86. The standard InChI is InChI=1S/C17H14ClNS/c18-11-13-5-7-15(8-6-13)20-12-14-9-10-19-17-4-2-1-3-16(14)17/h1-10H,11-12H2. The summed E-state index contributed by atoms with van der Waals surface area (Å²) in [5, 5.41) is 1.24. The van der Waals surface area contributed by atoms with E-state index in [1.165, 1.54) is 15.8 Å². The summed E-state index contributed by atoms with van der Waals surface area (Å²) in [5.74, 6) is 1.52. The molecule has 3 rings (SSSR count). The van der Waals surface area contributed by atoms with Crippen molar-refractivity contribution in [2.75, 3.05) is 0 Å². The van der Waals surface area contributed by atoms with Crippen molar-refractivity contribution in [3.63, 3.8) is 0 Å². The average molecular weight is 300 g/mol. The van der Waals surface area contributed by atoms with Gasteiger partial charge in [0, 0.05) is 28.1 Å². The van der Waals surface area contributed by atoms with Crippen molar-refractivity contribution in [2.45, 2.75) is 16.5 Å². The highest BCUT2D eigenvalue weighted by Gasteiger charge is 2.02. The smallest absolute Gasteiger partial charge is 0.0705 e. The van der Waals surface area contributed by atoms with Crippen LogP contribution in [0.1, 0.15) is 11.1 Å². The largest absolute Gasteiger partial charge is 0.256 e. The van der Waals surface area contributed by atoms with Gasteiger partial charge in [0.05, 0.1) is 5.52 Å². The lowest BCUT2D eigenvalue weighted by Crippen LogP contribution is -1.86. The third kappa shape index (κ3) is 2.97. The van der Waals surface area contributed by atoms with Gasteiger partial charge in [-0.3, -0.25) is 4.98 Å². The molecule has 0 N–H and O–H groups in total. The second-order valence-corrected chi connectivity index (χ2v) is 5.87. The lowest BCUT2D eigenvalue weighted by atomic mass is 10.1. The van der Waals surface area contributed by atoms with Gasteiger partial charge < -0.3 is 0 Å². The molecule has 2 aromatic carbocycles. The molecule has 0 atom stereocenters. The molecule has 3 aromatic rings. The fourth-order valence-electron chi connectivity index (χ4n) is 2.12. The molecule has 1 nitrogen and oxygen atoms in total. The fraction of sp³-hybridized carbons (Fsp3) is 0.118. The maximum atomic E-state index is 5.80. The zero-order chi connectivity index (χ0) is 13.8. The van der Waals surface area contributed by atoms with Crippen LogP contribution in [0.15, 0.2) is 65.7 Å². The molecule has 3 heteroatoms. The molecule has 0 spiro atoms. The number of benzene rings is 2. The van der Waals surface area contributed by atoms with E-state index in [4.69, 9.17) is 11.6 Å². The van der Waals surface area contributed by atoms with Crippen molar-refractivity contribution in [1.29, 1.82) is 0 Å². The van der Waals surface area contributed by atoms with E-state index in [1.807, 2.05) is 24.0 Å². The molecule has 0 radical (unpaired) electrons. The van der Waals surface area contributed by atoms with Crippen LogP contribution in [0, 0.1) is 0 Å². The molecule has 100 valence electrons. The number of thioether (sulfide) groups is 1. The van der Waals surface area contributed by atoms with Crippen molar-refractivity contribution < 1.29 is 0 Å². The summed E-state index contributed by atoms with van der Waals surface area (Å²) in [5.41, 5.74) is 3.54. The molecular weight excluding hydrogens is 286 g/mol. The lowest BCUT2D eigenvalue weighted by molar-refractivity contribution is 1.32. The van der Waals surface area contributed by atoms with E-state index >= 15 is 0 Å². The van der Waals surface area contributed by atoms with Gasteiger partial charge in [-0.1, -0.05) is 30.3 Å². The van der Waals surface area contributed by atoms with Gasteiger partial charge in [0.1, 0.15) is 0 Å². The van der Waals surface area contributed by atoms with E-state index in [1.54, 1.807) is 0 Å². The number of halogens is 1. The molecule has 0 saturated carbocycles. The number of hydrogen-bond donors (Lipinski definition) is 0. The Morgan fingerprint density at radius 1 is 0.950 bits per heavy atom. The fourth-order valence-corrected chi connectivity index (χ4v) is 3.20. The Hall–Kier alpha value is -1.51. The Morgan fingerprint density at radius 2 is 1.75 bits per heavy atom. The van der Waals surface area contributed by atoms with Crippen molar-refractivity contribution in [2.24, 2.45) is 0 Å². The molecule has 0 saturated heterocycles. The minimum Gasteiger partial charge on any atom is -0.256 e. The summed E-state index contributed by atoms with van der Waals surface area (Å²) in [6.07, 6.45) is 1.88. The van der Waals surface area contributed by atoms with E-state index in [9.17, 15) is 0 Å². The summed E-state index contributed by atoms with van der Waals surface area (Å²) in [6, 6.07) is 18.8. The highest BCUT2D eigenvalue weighted by Crippen LogP contribution is 2.26. The second-order valence-electron chi connectivity index (χ2n) is 4.55. The van der Waals surface area contributed by atoms with E-state index in [-0.39, 0.29) is 0 Å². The molecular formula is C17H14ClNS. The molecule has 0 fully saturated rings. The molecule has 0 aliphatic heterocycles. The summed E-state index contributed by atoms with van der Waals surface area (Å²) in [6.45, 7) is 0. The van der Waals surface area contributed by atoms with Crippen LogP contribution in [0.4, 0.5) is 0 Å². The Bertz CT molecular complexity index is 704. The summed E-state index contributed by atoms with van der Waals surface area (Å²) >= 11 is 7.64. The number of fused-ring (bicyclic) bond motifs is 1. The number of nitrogens with zero attached hydrogens (tertiary/aromatic N) is 1. The van der Waals surface area contributed by atoms with Crippen LogP contribution in [0.2, 0.25) is 0 Å². The van der Waals surface area contributed by atoms with Gasteiger partial charge in [-0.15, -0.1) is 23.4 Å². The number of para-hydroxylation sites is 1. The van der Waals surface area contributed by atoms with Crippen molar-refractivity contribution in [1.82, 2.24) is 4.98 Å². The normalized spacial score (nSPS) is 10.8. The molecule has 0 aliphatic rings. The number of alkyl halides is 1. The average Bonchev–Trinajstić information content (AvgIpc) is 2.53. The topological polar surface area (TPSA) is 12.9 Å². The minimum atomic E-state index is 0.569. The van der Waals surface area contributed by atoms with Crippen LogP contribution >= 0.6 is 23.4 Å². The van der Waals surface area contributed by atoms with Gasteiger partial charge in [0.25, 0.3) is 0 Å². The number of pyridine rings is 1. The molecule has 0 aliphatic carbocycles. The van der Waals surface area contributed by atoms with Crippen LogP contribution in [0.5, 0.6) is 0 Å². The SMILES string of the molecule is ClCc1ccc(SCc2ccnc3ccccc23)cc1. The Morgan fingerprint density at radius 3 is 2.55 bits per heavy atom. The van der Waals surface area contributed by atoms with Crippen molar-refractivity contribution in [3.8, 4) is 0 Å². The first-order valence-corrected chi connectivity index (χ1v) is 7.99. The first kappa shape index (κ1) is 13.5. The first-order valence-electron chi connectivity index (χ1n) is 6.47. The number of aromatic nitrogens is 1. The van der Waals surface area contributed by atoms with E-state index < -0.39 is 0 Å². The molecule has 20 heavy (non-hydrogen) atoms. The summed E-state index contributed by atoms with van der Waals surface area (Å²) in [4.78, 5) is 5.66. The van der Waals surface area contributed by atoms with Gasteiger partial charge >= 0.3 is 0 Å². The molecule has 1 heterocycles. The van der Waals surface area contributed by atoms with Gasteiger partial charge in [-0.25, -0.2) is 0 Å². The van der Waals surface area contributed by atoms with E-state index in [0.717, 1.165) is 16.8 Å². The maximum absolute atomic E-state index is 5.80. The molecule has 0 amide bonds. The Kier molecular flexibility index (Phi) is 4.24. The van der Waals surface area contributed by atoms with Crippen LogP contribution < -0.4 is 0 Å². The summed E-state index contributed by atoms with van der Waals surface area (Å²) < 4.78 is 0. The maximum Gasteiger partial charge on any atom is 0.0705 e. The minimum absolute atomic E-state index is 0.569. The summed E-state index contributed by atoms with van der Waals surface area (Å²) in [7, 11) is 0. The molecule has 1 aromatic heterocycles. The van der Waals surface area contributed by atoms with Crippen LogP contribution in [0.3, 0.4) is 0 Å². The van der Waals surface area contributed by atoms with Crippen LogP contribution in [-0.2, 0) is 11.6 Å². The predicted molar refractivity (Wildman–Crippen MR) is 87.3 cm³/mol. The molecule has 0 bridgehead atoms. The quantitative estimate of drug-likeness (QED) is 0.481. The number of hydrogen-bond acceptors (Lipinski definition) is 2. The zero-order valence-corrected chi connectivity index (χ0v) is 12.5. The number of rotatable bonds is 4. The zero-order valence-electron chi connectivity index (χ0n) is 10.9. The lowest BCUT2D eigenvalue weighted by Gasteiger charge is -2.06. The second kappa shape index (κ2) is 6.29. The van der Waals surface area contributed by atoms with E-state index in [0.29, 0.717) is 5.88 Å². The van der Waals surface area contributed by atoms with Crippen LogP contribution in [-0.4, -0.2) is 4.98 Å². The Labute approximate surface area is 128 Å². The van der Waals surface area contributed by atoms with Gasteiger partial charge in [-0.2, -0.15) is 0 Å². The van der Waals surface area contributed by atoms with E-state index in [2.05, 4.69) is 53.5 Å². The van der Waals surface area contributed by atoms with Crippen molar-refractivity contribution in [3.05, 3.63) is 71.9 Å². The third-order valence-corrected chi connectivity index (χ3v) is 4.58. The van der Waals surface area contributed by atoms with Gasteiger partial charge in [-0.05, 0) is 35.4 Å². The van der Waals surface area contributed by atoms with Crippen LogP contribution in [0.25, 0.3) is 10.9 Å². The van der Waals surface area contributed by atoms with Gasteiger partial charge in [0.2, 0.25) is 0 Å².